The van der Waals surface area contributed by atoms with Crippen LogP contribution in [0, 0.1) is 0 Å². The first-order valence-electron chi connectivity index (χ1n) is 10.5. The number of methoxy groups -OCH3 is 1. The fourth-order valence-corrected chi connectivity index (χ4v) is 3.96. The van der Waals surface area contributed by atoms with Crippen LogP contribution in [-0.2, 0) is 16.1 Å². The van der Waals surface area contributed by atoms with Crippen molar-refractivity contribution in [3.8, 4) is 5.75 Å². The van der Waals surface area contributed by atoms with E-state index in [9.17, 15) is 14.7 Å². The van der Waals surface area contributed by atoms with Gasteiger partial charge in [-0.25, -0.2) is 0 Å². The Kier molecular flexibility index (Phi) is 6.13. The third-order valence-corrected chi connectivity index (χ3v) is 5.71. The van der Waals surface area contributed by atoms with Gasteiger partial charge >= 0.3 is 0 Å². The van der Waals surface area contributed by atoms with Gasteiger partial charge in [0.1, 0.15) is 11.5 Å². The second-order valence-electron chi connectivity index (χ2n) is 8.00. The van der Waals surface area contributed by atoms with Crippen molar-refractivity contribution in [2.45, 2.75) is 12.6 Å². The molecule has 2 heterocycles. The Hall–Kier alpha value is -4.13. The number of Topliss-reactive ketones (excluding diaryl/α,β-unsaturated/α-hetero) is 1. The number of anilines is 1. The van der Waals surface area contributed by atoms with Gasteiger partial charge in [-0.05, 0) is 47.5 Å². The largest absolute Gasteiger partial charge is 0.507 e. The number of carbonyl (C=O) groups is 2. The van der Waals surface area contributed by atoms with Crippen molar-refractivity contribution >= 4 is 23.1 Å². The minimum atomic E-state index is -0.736. The molecule has 0 aliphatic carbocycles. The van der Waals surface area contributed by atoms with Crippen molar-refractivity contribution in [3.63, 3.8) is 0 Å². The fourth-order valence-electron chi connectivity index (χ4n) is 3.96. The van der Waals surface area contributed by atoms with Gasteiger partial charge in [0.2, 0.25) is 0 Å². The van der Waals surface area contributed by atoms with E-state index in [0.29, 0.717) is 11.3 Å². The van der Waals surface area contributed by atoms with Crippen LogP contribution in [0.1, 0.15) is 22.7 Å². The van der Waals surface area contributed by atoms with Gasteiger partial charge in [-0.3, -0.25) is 14.6 Å². The number of nitrogens with zero attached hydrogens (tertiary/aromatic N) is 3. The van der Waals surface area contributed by atoms with Crippen LogP contribution in [0.25, 0.3) is 5.76 Å². The van der Waals surface area contributed by atoms with Gasteiger partial charge in [0.05, 0.1) is 18.7 Å². The number of ether oxygens (including phenoxy) is 1. The number of benzene rings is 2. The lowest BCUT2D eigenvalue weighted by Crippen LogP contribution is -2.29. The first-order valence-corrected chi connectivity index (χ1v) is 10.5. The van der Waals surface area contributed by atoms with E-state index >= 15 is 0 Å². The van der Waals surface area contributed by atoms with Gasteiger partial charge in [0.25, 0.3) is 11.7 Å². The number of amides is 1. The van der Waals surface area contributed by atoms with E-state index in [-0.39, 0.29) is 17.9 Å². The molecule has 1 aliphatic heterocycles. The molecule has 4 rings (SSSR count). The number of rotatable bonds is 6. The molecular formula is C26H25N3O4. The molecular weight excluding hydrogens is 418 g/mol. The summed E-state index contributed by atoms with van der Waals surface area (Å²) in [7, 11) is 5.40. The summed E-state index contributed by atoms with van der Waals surface area (Å²) in [4.78, 5) is 33.8. The Morgan fingerprint density at radius 3 is 2.39 bits per heavy atom. The Balaban J connectivity index is 1.85. The molecule has 7 nitrogen and oxygen atoms in total. The van der Waals surface area contributed by atoms with Gasteiger partial charge in [0.15, 0.2) is 0 Å². The molecule has 0 radical (unpaired) electrons. The van der Waals surface area contributed by atoms with Crippen LogP contribution in [0.2, 0.25) is 0 Å². The quantitative estimate of drug-likeness (QED) is 0.355. The maximum absolute atomic E-state index is 13.2. The highest BCUT2D eigenvalue weighted by atomic mass is 16.5. The van der Waals surface area contributed by atoms with E-state index in [1.165, 1.54) is 12.0 Å². The molecule has 0 bridgehead atoms. The first kappa shape index (κ1) is 22.1. The van der Waals surface area contributed by atoms with Gasteiger partial charge < -0.3 is 19.6 Å². The molecule has 1 fully saturated rings. The van der Waals surface area contributed by atoms with Crippen LogP contribution in [0.3, 0.4) is 0 Å². The van der Waals surface area contributed by atoms with E-state index < -0.39 is 17.7 Å². The highest BCUT2D eigenvalue weighted by Crippen LogP contribution is 2.41. The lowest BCUT2D eigenvalue weighted by atomic mass is 9.95. The zero-order valence-corrected chi connectivity index (χ0v) is 18.7. The minimum Gasteiger partial charge on any atom is -0.507 e. The monoisotopic (exact) mass is 443 g/mol. The van der Waals surface area contributed by atoms with Crippen molar-refractivity contribution in [2.24, 2.45) is 0 Å². The molecule has 3 aromatic rings. The second-order valence-corrected chi connectivity index (χ2v) is 8.00. The molecule has 2 aromatic carbocycles. The summed E-state index contributed by atoms with van der Waals surface area (Å²) in [6, 6.07) is 17.3. The smallest absolute Gasteiger partial charge is 0.295 e. The Morgan fingerprint density at radius 1 is 1.06 bits per heavy atom. The highest BCUT2D eigenvalue weighted by molar-refractivity contribution is 6.46. The molecule has 0 spiro atoms. The summed E-state index contributed by atoms with van der Waals surface area (Å²) in [6.45, 7) is 0.210. The van der Waals surface area contributed by atoms with Crippen LogP contribution >= 0.6 is 0 Å². The summed E-state index contributed by atoms with van der Waals surface area (Å²) >= 11 is 0. The minimum absolute atomic E-state index is 0.0555. The molecule has 1 unspecified atom stereocenters. The van der Waals surface area contributed by atoms with E-state index in [2.05, 4.69) is 4.98 Å². The zero-order valence-electron chi connectivity index (χ0n) is 18.7. The predicted molar refractivity (Wildman–Crippen MR) is 126 cm³/mol. The molecule has 1 aromatic heterocycles. The van der Waals surface area contributed by atoms with E-state index in [4.69, 9.17) is 4.74 Å². The van der Waals surface area contributed by atoms with Crippen LogP contribution in [0.5, 0.6) is 5.75 Å². The highest BCUT2D eigenvalue weighted by Gasteiger charge is 2.46. The first-order chi connectivity index (χ1) is 15.9. The number of hydrogen-bond acceptors (Lipinski definition) is 6. The lowest BCUT2D eigenvalue weighted by Gasteiger charge is -2.26. The number of hydrogen-bond donors (Lipinski definition) is 1. The number of pyridine rings is 1. The molecule has 33 heavy (non-hydrogen) atoms. The summed E-state index contributed by atoms with van der Waals surface area (Å²) < 4.78 is 5.26. The van der Waals surface area contributed by atoms with E-state index in [1.807, 2.05) is 43.3 Å². The molecule has 1 saturated heterocycles. The average molecular weight is 444 g/mol. The number of likely N-dealkylation sites (tertiary alicyclic amines) is 1. The van der Waals surface area contributed by atoms with Crippen molar-refractivity contribution in [1.82, 2.24) is 9.88 Å². The molecule has 1 atom stereocenters. The summed E-state index contributed by atoms with van der Waals surface area (Å²) in [5.74, 6) is -1.06. The van der Waals surface area contributed by atoms with Gasteiger partial charge in [-0.1, -0.05) is 24.3 Å². The molecule has 7 heteroatoms. The lowest BCUT2D eigenvalue weighted by molar-refractivity contribution is -0.140. The average Bonchev–Trinajstić information content (AvgIpc) is 3.09. The Labute approximate surface area is 192 Å². The van der Waals surface area contributed by atoms with Crippen molar-refractivity contribution < 1.29 is 19.4 Å². The third kappa shape index (κ3) is 4.30. The zero-order chi connectivity index (χ0) is 23.5. The van der Waals surface area contributed by atoms with Crippen molar-refractivity contribution in [3.05, 3.63) is 95.3 Å². The number of aliphatic hydroxyl groups is 1. The molecule has 168 valence electrons. The summed E-state index contributed by atoms with van der Waals surface area (Å²) in [5, 5.41) is 11.2. The van der Waals surface area contributed by atoms with E-state index in [1.54, 1.807) is 48.8 Å². The molecule has 1 aliphatic rings. The van der Waals surface area contributed by atoms with Crippen LogP contribution in [-0.4, -0.2) is 47.9 Å². The number of aromatic nitrogens is 1. The standard InChI is InChI=1S/C26H25N3O4/c1-28(2)20-9-7-18(8-10-20)23-22(24(30)19-5-4-6-21(15-19)33-3)25(31)26(32)29(23)16-17-11-13-27-14-12-17/h4-15,23,30H,16H2,1-3H3/b24-22-. The maximum atomic E-state index is 13.2. The van der Waals surface area contributed by atoms with Crippen LogP contribution in [0.15, 0.2) is 78.6 Å². The summed E-state index contributed by atoms with van der Waals surface area (Å²) in [6.07, 6.45) is 3.28. The Morgan fingerprint density at radius 2 is 1.76 bits per heavy atom. The topological polar surface area (TPSA) is 83.0 Å². The van der Waals surface area contributed by atoms with E-state index in [0.717, 1.165) is 16.8 Å². The normalized spacial score (nSPS) is 17.3. The fraction of sp³-hybridized carbons (Fsp3) is 0.192. The summed E-state index contributed by atoms with van der Waals surface area (Å²) in [5.41, 5.74) is 3.02. The van der Waals surface area contributed by atoms with Crippen molar-refractivity contribution in [1.29, 1.82) is 0 Å². The van der Waals surface area contributed by atoms with Crippen LogP contribution < -0.4 is 9.64 Å². The molecule has 1 N–H and O–H groups in total. The van der Waals surface area contributed by atoms with Gasteiger partial charge in [-0.15, -0.1) is 0 Å². The van der Waals surface area contributed by atoms with Crippen LogP contribution in [0.4, 0.5) is 5.69 Å². The van der Waals surface area contributed by atoms with Crippen molar-refractivity contribution in [2.75, 3.05) is 26.1 Å². The molecule has 0 saturated carbocycles. The SMILES string of the molecule is COc1cccc(/C(O)=C2/C(=O)C(=O)N(Cc3ccncc3)C2c2ccc(N(C)C)cc2)c1. The Bertz CT molecular complexity index is 1200. The number of carbonyl (C=O) groups excluding carboxylic acids is 2. The third-order valence-electron chi connectivity index (χ3n) is 5.71. The second kappa shape index (κ2) is 9.16. The number of ketones is 1. The van der Waals surface area contributed by atoms with Gasteiger partial charge in [-0.2, -0.15) is 0 Å². The molecule has 1 amide bonds. The predicted octanol–water partition coefficient (Wildman–Crippen LogP) is 3.78. The van der Waals surface area contributed by atoms with Gasteiger partial charge in [0, 0.05) is 44.3 Å². The maximum Gasteiger partial charge on any atom is 0.295 e. The number of aliphatic hydroxyl groups excluding tert-OH is 1.